The molecule has 1 saturated heterocycles. The number of hydrogen-bond acceptors (Lipinski definition) is 4. The van der Waals surface area contributed by atoms with E-state index < -0.39 is 33.5 Å². The fraction of sp³-hybridized carbons (Fsp3) is 0.345. The summed E-state index contributed by atoms with van der Waals surface area (Å²) in [6, 6.07) is 14.8. The van der Waals surface area contributed by atoms with E-state index in [4.69, 9.17) is 16.3 Å². The normalized spacial score (nSPS) is 18.5. The highest BCUT2D eigenvalue weighted by molar-refractivity contribution is 9.10. The number of hydrogen-bond donors (Lipinski definition) is 1. The second-order valence-electron chi connectivity index (χ2n) is 9.80. The second kappa shape index (κ2) is 12.5. The summed E-state index contributed by atoms with van der Waals surface area (Å²) in [5.74, 6) is -4.39. The largest absolute Gasteiger partial charge is 0.489 e. The minimum Gasteiger partial charge on any atom is -0.489 e. The first-order valence-corrected chi connectivity index (χ1v) is 15.5. The van der Waals surface area contributed by atoms with Crippen LogP contribution in [0.2, 0.25) is 5.02 Å². The molecule has 1 N–H and O–H groups in total. The van der Waals surface area contributed by atoms with Gasteiger partial charge in [0.1, 0.15) is 12.4 Å². The van der Waals surface area contributed by atoms with Crippen molar-refractivity contribution in [3.63, 3.8) is 0 Å². The van der Waals surface area contributed by atoms with E-state index in [9.17, 15) is 13.2 Å². The maximum absolute atomic E-state index is 16.0. The third kappa shape index (κ3) is 6.84. The van der Waals surface area contributed by atoms with E-state index in [1.165, 1.54) is 53.4 Å². The summed E-state index contributed by atoms with van der Waals surface area (Å²) in [5.41, 5.74) is 0.392. The summed E-state index contributed by atoms with van der Waals surface area (Å²) in [5, 5.41) is 0.595. The SMILES string of the molecule is CCC1CCC(C)N1C(=O)C(NS(=O)(=O)c1ccc(OCc2ccc(Cl)cc2)cc1)C(F)(F)c1ccc(Br)cc1. The van der Waals surface area contributed by atoms with Gasteiger partial charge in [0.25, 0.3) is 5.92 Å². The molecule has 214 valence electrons. The molecule has 0 radical (unpaired) electrons. The Hall–Kier alpha value is -2.53. The van der Waals surface area contributed by atoms with Crippen molar-refractivity contribution in [3.8, 4) is 5.75 Å². The molecule has 1 amide bonds. The number of benzene rings is 3. The van der Waals surface area contributed by atoms with Crippen molar-refractivity contribution in [1.82, 2.24) is 9.62 Å². The summed E-state index contributed by atoms with van der Waals surface area (Å²) < 4.78 is 67.1. The summed E-state index contributed by atoms with van der Waals surface area (Å²) in [6.07, 6.45) is 1.91. The van der Waals surface area contributed by atoms with Crippen LogP contribution in [0.4, 0.5) is 8.78 Å². The minimum atomic E-state index is -4.52. The highest BCUT2D eigenvalue weighted by Gasteiger charge is 2.51. The van der Waals surface area contributed by atoms with Crippen LogP contribution in [0.25, 0.3) is 0 Å². The predicted octanol–water partition coefficient (Wildman–Crippen LogP) is 6.91. The quantitative estimate of drug-likeness (QED) is 0.258. The molecule has 1 aliphatic heterocycles. The molecule has 1 fully saturated rings. The van der Waals surface area contributed by atoms with Gasteiger partial charge in [0.2, 0.25) is 15.9 Å². The second-order valence-corrected chi connectivity index (χ2v) is 12.9. The monoisotopic (exact) mass is 654 g/mol. The summed E-state index contributed by atoms with van der Waals surface area (Å²) in [6.45, 7) is 3.90. The van der Waals surface area contributed by atoms with Crippen LogP contribution in [0, 0.1) is 0 Å². The first kappa shape index (κ1) is 30.4. The van der Waals surface area contributed by atoms with Crippen LogP contribution >= 0.6 is 27.5 Å². The minimum absolute atomic E-state index is 0.226. The number of carbonyl (C=O) groups is 1. The Bertz CT molecular complexity index is 1420. The molecule has 3 unspecified atom stereocenters. The van der Waals surface area contributed by atoms with E-state index >= 15 is 8.78 Å². The van der Waals surface area contributed by atoms with Crippen molar-refractivity contribution in [1.29, 1.82) is 0 Å². The molecule has 11 heteroatoms. The van der Waals surface area contributed by atoms with Crippen LogP contribution in [0.5, 0.6) is 5.75 Å². The lowest BCUT2D eigenvalue weighted by molar-refractivity contribution is -0.147. The number of amides is 1. The molecular weight excluding hydrogens is 626 g/mol. The Morgan fingerprint density at radius 2 is 1.70 bits per heavy atom. The third-order valence-corrected chi connectivity index (χ3v) is 9.30. The van der Waals surface area contributed by atoms with Gasteiger partial charge < -0.3 is 9.64 Å². The zero-order valence-corrected chi connectivity index (χ0v) is 25.1. The molecule has 40 heavy (non-hydrogen) atoms. The average molecular weight is 656 g/mol. The van der Waals surface area contributed by atoms with Crippen molar-refractivity contribution >= 4 is 43.5 Å². The Labute approximate surface area is 246 Å². The highest BCUT2D eigenvalue weighted by atomic mass is 79.9. The average Bonchev–Trinajstić information content (AvgIpc) is 3.32. The molecule has 0 spiro atoms. The molecule has 3 atom stereocenters. The van der Waals surface area contributed by atoms with Gasteiger partial charge in [-0.15, -0.1) is 0 Å². The van der Waals surface area contributed by atoms with E-state index in [0.717, 1.165) is 5.56 Å². The number of ether oxygens (including phenoxy) is 1. The van der Waals surface area contributed by atoms with Gasteiger partial charge in [0, 0.05) is 27.1 Å². The van der Waals surface area contributed by atoms with Gasteiger partial charge in [-0.05, 0) is 80.3 Å². The third-order valence-electron chi connectivity index (χ3n) is 7.08. The molecule has 4 rings (SSSR count). The van der Waals surface area contributed by atoms with Gasteiger partial charge in [-0.25, -0.2) is 8.42 Å². The van der Waals surface area contributed by atoms with E-state index in [0.29, 0.717) is 34.5 Å². The van der Waals surface area contributed by atoms with Gasteiger partial charge in [0.05, 0.1) is 4.90 Å². The van der Waals surface area contributed by atoms with Crippen molar-refractivity contribution in [3.05, 3.63) is 93.4 Å². The summed E-state index contributed by atoms with van der Waals surface area (Å²) in [7, 11) is -4.52. The van der Waals surface area contributed by atoms with Crippen LogP contribution in [0.1, 0.15) is 44.2 Å². The number of nitrogens with one attached hydrogen (secondary N) is 1. The lowest BCUT2D eigenvalue weighted by Crippen LogP contribution is -2.58. The van der Waals surface area contributed by atoms with Crippen molar-refractivity contribution in [2.45, 2.75) is 68.7 Å². The van der Waals surface area contributed by atoms with E-state index in [2.05, 4.69) is 20.7 Å². The maximum Gasteiger partial charge on any atom is 0.298 e. The number of sulfonamides is 1. The van der Waals surface area contributed by atoms with E-state index in [1.54, 1.807) is 31.2 Å². The number of alkyl halides is 2. The number of halogens is 4. The van der Waals surface area contributed by atoms with Crippen LogP contribution in [0.3, 0.4) is 0 Å². The number of carbonyl (C=O) groups excluding carboxylic acids is 1. The van der Waals surface area contributed by atoms with Crippen LogP contribution in [-0.4, -0.2) is 37.4 Å². The molecule has 0 saturated carbocycles. The van der Waals surface area contributed by atoms with Gasteiger partial charge in [-0.3, -0.25) is 4.79 Å². The van der Waals surface area contributed by atoms with Gasteiger partial charge in [0.15, 0.2) is 6.04 Å². The molecule has 6 nitrogen and oxygen atoms in total. The Morgan fingerprint density at radius 1 is 1.07 bits per heavy atom. The van der Waals surface area contributed by atoms with Crippen molar-refractivity contribution < 1.29 is 26.7 Å². The number of likely N-dealkylation sites (tertiary alicyclic amines) is 1. The fourth-order valence-electron chi connectivity index (χ4n) is 4.82. The number of nitrogens with zero attached hydrogens (tertiary/aromatic N) is 1. The van der Waals surface area contributed by atoms with Crippen LogP contribution in [-0.2, 0) is 27.3 Å². The molecule has 1 aliphatic rings. The van der Waals surface area contributed by atoms with Crippen molar-refractivity contribution in [2.75, 3.05) is 0 Å². The zero-order chi connectivity index (χ0) is 29.1. The first-order valence-electron chi connectivity index (χ1n) is 12.9. The van der Waals surface area contributed by atoms with Gasteiger partial charge >= 0.3 is 0 Å². The Kier molecular flexibility index (Phi) is 9.55. The van der Waals surface area contributed by atoms with E-state index in [1.807, 2.05) is 6.92 Å². The predicted molar refractivity (Wildman–Crippen MR) is 154 cm³/mol. The molecule has 3 aromatic rings. The molecular formula is C29H30BrClF2N2O4S. The molecule has 1 heterocycles. The highest BCUT2D eigenvalue weighted by Crippen LogP contribution is 2.37. The van der Waals surface area contributed by atoms with Gasteiger partial charge in [-0.1, -0.05) is 58.7 Å². The first-order chi connectivity index (χ1) is 18.9. The Balaban J connectivity index is 1.60. The lowest BCUT2D eigenvalue weighted by atomic mass is 10.00. The summed E-state index contributed by atoms with van der Waals surface area (Å²) >= 11 is 9.12. The lowest BCUT2D eigenvalue weighted by Gasteiger charge is -2.35. The molecule has 3 aromatic carbocycles. The molecule has 0 aromatic heterocycles. The number of rotatable bonds is 10. The van der Waals surface area contributed by atoms with Crippen LogP contribution < -0.4 is 9.46 Å². The summed E-state index contributed by atoms with van der Waals surface area (Å²) in [4.78, 5) is 14.8. The maximum atomic E-state index is 16.0. The molecule has 0 aliphatic carbocycles. The fourth-order valence-corrected chi connectivity index (χ4v) is 6.40. The van der Waals surface area contributed by atoms with Gasteiger partial charge in [-0.2, -0.15) is 13.5 Å². The van der Waals surface area contributed by atoms with Crippen LogP contribution in [0.15, 0.2) is 82.2 Å². The standard InChI is InChI=1S/C29H30BrClF2N2O4S/c1-3-24-13-4-19(2)35(24)28(36)27(29(32,33)21-7-9-22(30)10-8-21)34-40(37,38)26-16-14-25(15-17-26)39-18-20-5-11-23(31)12-6-20/h5-12,14-17,19,24,27,34H,3-4,13,18H2,1-2H3. The molecule has 0 bridgehead atoms. The van der Waals surface area contributed by atoms with Crippen molar-refractivity contribution in [2.24, 2.45) is 0 Å². The van der Waals surface area contributed by atoms with E-state index in [-0.39, 0.29) is 23.6 Å². The smallest absolute Gasteiger partial charge is 0.298 e. The zero-order valence-electron chi connectivity index (χ0n) is 22.0. The Morgan fingerprint density at radius 3 is 2.30 bits per heavy atom. The topological polar surface area (TPSA) is 75.7 Å².